The Balaban J connectivity index is 1.57. The van der Waals surface area contributed by atoms with Crippen molar-refractivity contribution in [3.05, 3.63) is 81.7 Å². The number of nitrogens with zero attached hydrogens (tertiary/aromatic N) is 2. The standard InChI is InChI=1S/C26H22N4O5S/c1-3-35-26(33)23-19-14-36-24(28-21(31)11-15-13-27-20-10-5-4-9-18(15)20)22(19)25(32)30(29-23)16-7-6-8-17(12-16)34-2/h4-10,12-14,27H,3,11H2,1-2H3,(H,28,31). The molecule has 0 saturated carbocycles. The van der Waals surface area contributed by atoms with E-state index >= 15 is 0 Å². The molecule has 0 aliphatic carbocycles. The summed E-state index contributed by atoms with van der Waals surface area (Å²) in [5, 5.41) is 10.6. The van der Waals surface area contributed by atoms with E-state index in [1.807, 2.05) is 24.3 Å². The Morgan fingerprint density at radius 3 is 2.78 bits per heavy atom. The Labute approximate surface area is 209 Å². The molecular weight excluding hydrogens is 480 g/mol. The van der Waals surface area contributed by atoms with Crippen LogP contribution in [-0.4, -0.2) is 40.4 Å². The molecule has 0 radical (unpaired) electrons. The molecule has 5 rings (SSSR count). The minimum absolute atomic E-state index is 0.0114. The summed E-state index contributed by atoms with van der Waals surface area (Å²) in [6.45, 7) is 1.84. The van der Waals surface area contributed by atoms with Crippen LogP contribution in [0.4, 0.5) is 5.00 Å². The van der Waals surface area contributed by atoms with Crippen molar-refractivity contribution in [2.45, 2.75) is 13.3 Å². The van der Waals surface area contributed by atoms with E-state index < -0.39 is 11.5 Å². The number of aromatic amines is 1. The van der Waals surface area contributed by atoms with Gasteiger partial charge in [0.05, 0.1) is 31.2 Å². The number of thiophene rings is 1. The molecule has 5 aromatic rings. The summed E-state index contributed by atoms with van der Waals surface area (Å²) in [5.74, 6) is -0.421. The second kappa shape index (κ2) is 9.67. The zero-order valence-electron chi connectivity index (χ0n) is 19.5. The Kier molecular flexibility index (Phi) is 6.26. The molecule has 0 bridgehead atoms. The molecule has 182 valence electrons. The first-order valence-corrected chi connectivity index (χ1v) is 12.1. The highest BCUT2D eigenvalue weighted by Crippen LogP contribution is 2.31. The minimum Gasteiger partial charge on any atom is -0.497 e. The largest absolute Gasteiger partial charge is 0.497 e. The highest BCUT2D eigenvalue weighted by atomic mass is 32.1. The number of anilines is 1. The van der Waals surface area contributed by atoms with Crippen molar-refractivity contribution in [3.8, 4) is 11.4 Å². The number of amides is 1. The molecule has 9 nitrogen and oxygen atoms in total. The highest BCUT2D eigenvalue weighted by Gasteiger charge is 2.23. The van der Waals surface area contributed by atoms with Crippen LogP contribution in [0.5, 0.6) is 5.75 Å². The SMILES string of the molecule is CCOC(=O)c1nn(-c2cccc(OC)c2)c(=O)c2c(NC(=O)Cc3c[nH]c4ccccc34)scc12. The van der Waals surface area contributed by atoms with Crippen molar-refractivity contribution in [1.29, 1.82) is 0 Å². The monoisotopic (exact) mass is 502 g/mol. The molecule has 0 atom stereocenters. The number of hydrogen-bond acceptors (Lipinski definition) is 7. The van der Waals surface area contributed by atoms with Crippen LogP contribution >= 0.6 is 11.3 Å². The molecule has 0 saturated heterocycles. The minimum atomic E-state index is -0.659. The average Bonchev–Trinajstić information content (AvgIpc) is 3.49. The quantitative estimate of drug-likeness (QED) is 0.321. The number of nitrogens with one attached hydrogen (secondary N) is 2. The maximum absolute atomic E-state index is 13.6. The summed E-state index contributed by atoms with van der Waals surface area (Å²) >= 11 is 1.16. The van der Waals surface area contributed by atoms with Gasteiger partial charge in [0, 0.05) is 33.9 Å². The number of carbonyl (C=O) groups excluding carboxylic acids is 2. The smallest absolute Gasteiger partial charge is 0.359 e. The maximum atomic E-state index is 13.6. The van der Waals surface area contributed by atoms with Crippen molar-refractivity contribution in [2.75, 3.05) is 19.0 Å². The molecule has 10 heteroatoms. The fourth-order valence-corrected chi connectivity index (χ4v) is 4.98. The normalized spacial score (nSPS) is 11.1. The summed E-state index contributed by atoms with van der Waals surface area (Å²) in [6, 6.07) is 14.5. The van der Waals surface area contributed by atoms with Crippen LogP contribution in [0.25, 0.3) is 27.4 Å². The second-order valence-corrected chi connectivity index (χ2v) is 8.81. The maximum Gasteiger partial charge on any atom is 0.359 e. The lowest BCUT2D eigenvalue weighted by Crippen LogP contribution is -2.25. The summed E-state index contributed by atoms with van der Waals surface area (Å²) in [7, 11) is 1.52. The van der Waals surface area contributed by atoms with Crippen molar-refractivity contribution >= 4 is 49.9 Å². The average molecular weight is 503 g/mol. The number of hydrogen-bond donors (Lipinski definition) is 2. The first kappa shape index (κ1) is 23.3. The summed E-state index contributed by atoms with van der Waals surface area (Å²) in [4.78, 5) is 42.5. The Hall–Kier alpha value is -4.44. The summed E-state index contributed by atoms with van der Waals surface area (Å²) < 4.78 is 11.6. The molecule has 0 fully saturated rings. The van der Waals surface area contributed by atoms with Crippen molar-refractivity contribution in [3.63, 3.8) is 0 Å². The molecule has 36 heavy (non-hydrogen) atoms. The summed E-state index contributed by atoms with van der Waals surface area (Å²) in [6.07, 6.45) is 1.92. The zero-order chi connectivity index (χ0) is 25.2. The number of methoxy groups -OCH3 is 1. The van der Waals surface area contributed by atoms with Crippen molar-refractivity contribution in [1.82, 2.24) is 14.8 Å². The molecule has 2 N–H and O–H groups in total. The van der Waals surface area contributed by atoms with Gasteiger partial charge < -0.3 is 19.8 Å². The lowest BCUT2D eigenvalue weighted by atomic mass is 10.1. The van der Waals surface area contributed by atoms with Crippen LogP contribution in [0, 0.1) is 0 Å². The van der Waals surface area contributed by atoms with E-state index in [0.29, 0.717) is 21.8 Å². The van der Waals surface area contributed by atoms with Gasteiger partial charge >= 0.3 is 5.97 Å². The molecule has 3 aromatic heterocycles. The van der Waals surface area contributed by atoms with Gasteiger partial charge in [0.25, 0.3) is 5.56 Å². The van der Waals surface area contributed by atoms with Crippen LogP contribution in [0.1, 0.15) is 23.0 Å². The highest BCUT2D eigenvalue weighted by molar-refractivity contribution is 7.16. The van der Waals surface area contributed by atoms with Crippen molar-refractivity contribution in [2.24, 2.45) is 0 Å². The number of ether oxygens (including phenoxy) is 2. The van der Waals surface area contributed by atoms with Gasteiger partial charge in [-0.05, 0) is 30.7 Å². The molecule has 3 heterocycles. The van der Waals surface area contributed by atoms with Crippen LogP contribution in [-0.2, 0) is 16.0 Å². The van der Waals surface area contributed by atoms with E-state index in [-0.39, 0.29) is 30.0 Å². The topological polar surface area (TPSA) is 115 Å². The van der Waals surface area contributed by atoms with E-state index in [1.54, 1.807) is 42.8 Å². The predicted octanol–water partition coefficient (Wildman–Crippen LogP) is 4.30. The number of aromatic nitrogens is 3. The number of fused-ring (bicyclic) bond motifs is 2. The molecule has 0 unspecified atom stereocenters. The third-order valence-electron chi connectivity index (χ3n) is 5.70. The van der Waals surface area contributed by atoms with Gasteiger partial charge in [-0.1, -0.05) is 24.3 Å². The lowest BCUT2D eigenvalue weighted by molar-refractivity contribution is -0.115. The van der Waals surface area contributed by atoms with Gasteiger partial charge in [0.15, 0.2) is 5.69 Å². The van der Waals surface area contributed by atoms with Gasteiger partial charge in [-0.25, -0.2) is 4.79 Å². The van der Waals surface area contributed by atoms with Gasteiger partial charge in [-0.15, -0.1) is 11.3 Å². The number of para-hydroxylation sites is 1. The van der Waals surface area contributed by atoms with E-state index in [2.05, 4.69) is 15.4 Å². The van der Waals surface area contributed by atoms with Gasteiger partial charge in [-0.3, -0.25) is 9.59 Å². The van der Waals surface area contributed by atoms with E-state index in [4.69, 9.17) is 9.47 Å². The van der Waals surface area contributed by atoms with Gasteiger partial charge in [0.2, 0.25) is 5.91 Å². The third kappa shape index (κ3) is 4.22. The van der Waals surface area contributed by atoms with E-state index in [9.17, 15) is 14.4 Å². The van der Waals surface area contributed by atoms with Crippen LogP contribution in [0.2, 0.25) is 0 Å². The number of esters is 1. The third-order valence-corrected chi connectivity index (χ3v) is 6.59. The Morgan fingerprint density at radius 1 is 1.14 bits per heavy atom. The summed E-state index contributed by atoms with van der Waals surface area (Å²) in [5.41, 5.74) is 1.70. The molecule has 0 aliphatic heterocycles. The second-order valence-electron chi connectivity index (χ2n) is 7.93. The number of rotatable bonds is 7. The van der Waals surface area contributed by atoms with Crippen LogP contribution in [0.3, 0.4) is 0 Å². The Bertz CT molecular complexity index is 1670. The van der Waals surface area contributed by atoms with Gasteiger partial charge in [0.1, 0.15) is 10.8 Å². The molecule has 0 aliphatic rings. The Morgan fingerprint density at radius 2 is 1.97 bits per heavy atom. The fraction of sp³-hybridized carbons (Fsp3) is 0.154. The fourth-order valence-electron chi connectivity index (χ4n) is 4.03. The molecule has 2 aromatic carbocycles. The number of carbonyl (C=O) groups is 2. The van der Waals surface area contributed by atoms with E-state index in [1.165, 1.54) is 7.11 Å². The zero-order valence-corrected chi connectivity index (χ0v) is 20.3. The number of H-pyrrole nitrogens is 1. The first-order valence-electron chi connectivity index (χ1n) is 11.2. The predicted molar refractivity (Wildman–Crippen MR) is 138 cm³/mol. The van der Waals surface area contributed by atoms with Crippen LogP contribution in [0.15, 0.2) is 64.9 Å². The lowest BCUT2D eigenvalue weighted by Gasteiger charge is -2.11. The number of benzene rings is 2. The molecule has 1 amide bonds. The first-order chi connectivity index (χ1) is 17.5. The van der Waals surface area contributed by atoms with Gasteiger partial charge in [-0.2, -0.15) is 9.78 Å². The molecular formula is C26H22N4O5S. The van der Waals surface area contributed by atoms with Crippen molar-refractivity contribution < 1.29 is 19.1 Å². The van der Waals surface area contributed by atoms with E-state index in [0.717, 1.165) is 32.5 Å². The molecule has 0 spiro atoms. The van der Waals surface area contributed by atoms with Crippen LogP contribution < -0.4 is 15.6 Å².